The monoisotopic (exact) mass is 284 g/mol. The van der Waals surface area contributed by atoms with Crippen molar-refractivity contribution in [1.82, 2.24) is 0 Å². The normalized spacial score (nSPS) is 11.7. The summed E-state index contributed by atoms with van der Waals surface area (Å²) in [5.41, 5.74) is -4.17. The molecule has 0 saturated heterocycles. The maximum absolute atomic E-state index is 11.7. The van der Waals surface area contributed by atoms with Gasteiger partial charge in [0.05, 0.1) is 0 Å². The van der Waals surface area contributed by atoms with E-state index in [1.165, 1.54) is 6.07 Å². The van der Waals surface area contributed by atoms with Gasteiger partial charge in [0.25, 0.3) is 4.21 Å². The number of hydrogen-bond acceptors (Lipinski definition) is 1. The lowest BCUT2D eigenvalue weighted by molar-refractivity contribution is -0.0327. The molecule has 1 aromatic rings. The highest BCUT2D eigenvalue weighted by molar-refractivity contribution is 8.01. The Kier molecular flexibility index (Phi) is 6.09. The van der Waals surface area contributed by atoms with E-state index in [2.05, 4.69) is 0 Å². The van der Waals surface area contributed by atoms with Gasteiger partial charge in [-0.05, 0) is 6.07 Å². The zero-order chi connectivity index (χ0) is 12.8. The molecule has 1 rings (SSSR count). The molecule has 0 bridgehead atoms. The molecule has 0 N–H and O–H groups in total. The number of alkyl halides is 3. The van der Waals surface area contributed by atoms with Crippen molar-refractivity contribution in [3.05, 3.63) is 23.6 Å². The van der Waals surface area contributed by atoms with E-state index in [1.807, 2.05) is 0 Å². The number of hydrogen-bond donors (Lipinski definition) is 0. The number of rotatable bonds is 1. The van der Waals surface area contributed by atoms with Crippen LogP contribution in [0.25, 0.3) is 0 Å². The average molecular weight is 284 g/mol. The topological polar surface area (TPSA) is 0 Å². The fourth-order valence-electron chi connectivity index (χ4n) is 0.497. The van der Waals surface area contributed by atoms with Crippen LogP contribution in [0.1, 0.15) is 0 Å². The SMILES string of the molecule is FC(F)(F)Sc1cccc[s+]1.F[B-](F)(F)F. The summed E-state index contributed by atoms with van der Waals surface area (Å²) >= 11 is 1.00. The minimum atomic E-state index is -6.00. The van der Waals surface area contributed by atoms with Crippen molar-refractivity contribution in [3.63, 3.8) is 0 Å². The highest BCUT2D eigenvalue weighted by Gasteiger charge is 2.33. The van der Waals surface area contributed by atoms with E-state index in [9.17, 15) is 30.4 Å². The van der Waals surface area contributed by atoms with Crippen LogP contribution in [0.15, 0.2) is 27.8 Å². The first-order valence-corrected chi connectivity index (χ1v) is 5.27. The zero-order valence-electron chi connectivity index (χ0n) is 7.35. The smallest absolute Gasteiger partial charge is 0.418 e. The van der Waals surface area contributed by atoms with E-state index in [4.69, 9.17) is 0 Å². The van der Waals surface area contributed by atoms with Crippen LogP contribution >= 0.6 is 23.1 Å². The Morgan fingerprint density at radius 3 is 1.88 bits per heavy atom. The Hall–Kier alpha value is -0.505. The van der Waals surface area contributed by atoms with Crippen molar-refractivity contribution >= 4 is 30.4 Å². The molecule has 0 radical (unpaired) electrons. The number of halogens is 7. The molecule has 0 atom stereocenters. The molecule has 0 nitrogen and oxygen atoms in total. The molecule has 0 aromatic carbocycles. The lowest BCUT2D eigenvalue weighted by atomic mass is 10.3. The quantitative estimate of drug-likeness (QED) is 0.304. The van der Waals surface area contributed by atoms with Gasteiger partial charge >= 0.3 is 12.8 Å². The molecule has 0 amide bonds. The van der Waals surface area contributed by atoms with Gasteiger partial charge in [-0.15, -0.1) is 0 Å². The summed E-state index contributed by atoms with van der Waals surface area (Å²) in [4.78, 5) is 0. The van der Waals surface area contributed by atoms with Crippen LogP contribution in [0.5, 0.6) is 0 Å². The van der Waals surface area contributed by atoms with Crippen LogP contribution < -0.4 is 0 Å². The largest absolute Gasteiger partial charge is 0.673 e. The third-order valence-electron chi connectivity index (χ3n) is 0.823. The standard InChI is InChI=1S/C6H4F3S2.BF4/c7-6(8,9)11-5-3-1-2-4-10-5;2-1(3,4)5/h1-4H;/q+1;-1. The van der Waals surface area contributed by atoms with Crippen LogP contribution in [-0.4, -0.2) is 12.8 Å². The predicted octanol–water partition coefficient (Wildman–Crippen LogP) is 4.94. The van der Waals surface area contributed by atoms with E-state index in [-0.39, 0.29) is 16.0 Å². The summed E-state index contributed by atoms with van der Waals surface area (Å²) in [6.45, 7) is 0. The Bertz CT molecular complexity index is 290. The molecule has 10 heteroatoms. The summed E-state index contributed by atoms with van der Waals surface area (Å²) < 4.78 is 74.4. The molecule has 0 fully saturated rings. The molecule has 92 valence electrons. The van der Waals surface area contributed by atoms with Crippen LogP contribution in [0.3, 0.4) is 0 Å². The van der Waals surface area contributed by atoms with E-state index in [0.29, 0.717) is 0 Å². The maximum Gasteiger partial charge on any atom is 0.673 e. The van der Waals surface area contributed by atoms with Crippen LogP contribution in [-0.2, 0) is 0 Å². The van der Waals surface area contributed by atoms with Gasteiger partial charge in [0.2, 0.25) is 11.3 Å². The van der Waals surface area contributed by atoms with Gasteiger partial charge < -0.3 is 17.3 Å². The molecule has 0 unspecified atom stereocenters. The van der Waals surface area contributed by atoms with Crippen LogP contribution in [0, 0.1) is 0 Å². The van der Waals surface area contributed by atoms with Crippen LogP contribution in [0.4, 0.5) is 30.4 Å². The molecule has 1 heterocycles. The van der Waals surface area contributed by atoms with Crippen molar-refractivity contribution in [2.45, 2.75) is 9.72 Å². The average Bonchev–Trinajstić information content (AvgIpc) is 1.99. The molecule has 1 aromatic heterocycles. The Labute approximate surface area is 94.6 Å². The van der Waals surface area contributed by atoms with E-state index < -0.39 is 12.8 Å². The second-order valence-electron chi connectivity index (χ2n) is 2.17. The summed E-state index contributed by atoms with van der Waals surface area (Å²) in [5, 5.41) is 1.62. The van der Waals surface area contributed by atoms with Gasteiger partial charge in [-0.25, -0.2) is 0 Å². The maximum atomic E-state index is 11.7. The lowest BCUT2D eigenvalue weighted by Gasteiger charge is -1.97. The molecule has 16 heavy (non-hydrogen) atoms. The van der Waals surface area contributed by atoms with Gasteiger partial charge in [0.15, 0.2) is 5.38 Å². The van der Waals surface area contributed by atoms with Crippen molar-refractivity contribution < 1.29 is 30.4 Å². The number of thioether (sulfide) groups is 1. The molecular weight excluding hydrogens is 280 g/mol. The minimum Gasteiger partial charge on any atom is -0.418 e. The Morgan fingerprint density at radius 2 is 1.56 bits per heavy atom. The molecule has 0 spiro atoms. The molecule has 0 aliphatic carbocycles. The first kappa shape index (κ1) is 15.5. The first-order chi connectivity index (χ1) is 7.08. The van der Waals surface area contributed by atoms with Gasteiger partial charge in [0.1, 0.15) is 0 Å². The molecular formula is C6H4BF7S2. The zero-order valence-corrected chi connectivity index (χ0v) is 8.98. The molecule has 0 saturated carbocycles. The van der Waals surface area contributed by atoms with E-state index in [1.54, 1.807) is 17.5 Å². The van der Waals surface area contributed by atoms with Crippen molar-refractivity contribution in [3.8, 4) is 0 Å². The highest BCUT2D eigenvalue weighted by Crippen LogP contribution is 2.38. The second kappa shape index (κ2) is 6.28. The summed E-state index contributed by atoms with van der Waals surface area (Å²) in [7, 11) is -6.00. The molecule has 0 aliphatic heterocycles. The van der Waals surface area contributed by atoms with Crippen LogP contribution in [0.2, 0.25) is 0 Å². The molecule has 0 aliphatic rings. The van der Waals surface area contributed by atoms with E-state index >= 15 is 0 Å². The first-order valence-electron chi connectivity index (χ1n) is 3.58. The summed E-state index contributed by atoms with van der Waals surface area (Å²) in [6, 6.07) is 4.73. The highest BCUT2D eigenvalue weighted by atomic mass is 32.2. The van der Waals surface area contributed by atoms with Gasteiger partial charge in [-0.3, -0.25) is 0 Å². The fraction of sp³-hybridized carbons (Fsp3) is 0.167. The second-order valence-corrected chi connectivity index (χ2v) is 4.48. The van der Waals surface area contributed by atoms with Gasteiger partial charge in [-0.2, -0.15) is 13.2 Å². The fourth-order valence-corrected chi connectivity index (χ4v) is 1.98. The lowest BCUT2D eigenvalue weighted by Crippen LogP contribution is -2.02. The summed E-state index contributed by atoms with van der Waals surface area (Å²) in [5.74, 6) is 0. The van der Waals surface area contributed by atoms with Crippen molar-refractivity contribution in [2.75, 3.05) is 0 Å². The predicted molar refractivity (Wildman–Crippen MR) is 50.8 cm³/mol. The Morgan fingerprint density at radius 1 is 1.06 bits per heavy atom. The third kappa shape index (κ3) is 13.5. The van der Waals surface area contributed by atoms with Gasteiger partial charge in [0, 0.05) is 17.8 Å². The third-order valence-corrected chi connectivity index (χ3v) is 2.59. The minimum absolute atomic E-state index is 0.0807. The van der Waals surface area contributed by atoms with Crippen molar-refractivity contribution in [2.24, 2.45) is 0 Å². The van der Waals surface area contributed by atoms with E-state index in [0.717, 1.165) is 11.3 Å². The van der Waals surface area contributed by atoms with Crippen molar-refractivity contribution in [1.29, 1.82) is 0 Å². The summed E-state index contributed by atoms with van der Waals surface area (Å²) in [6.07, 6.45) is 0. The Balaban J connectivity index is 0.000000385. The van der Waals surface area contributed by atoms with Gasteiger partial charge in [-0.1, -0.05) is 6.07 Å².